The van der Waals surface area contributed by atoms with Crippen molar-refractivity contribution in [1.29, 1.82) is 0 Å². The van der Waals surface area contributed by atoms with Crippen LogP contribution in [-0.4, -0.2) is 42.6 Å². The average molecular weight is 240 g/mol. The number of hydrogen-bond donors (Lipinski definition) is 1. The van der Waals surface area contributed by atoms with Crippen LogP contribution < -0.4 is 5.73 Å². The summed E-state index contributed by atoms with van der Waals surface area (Å²) >= 11 is 0. The Hall–Kier alpha value is -0.610. The molecule has 2 fully saturated rings. The number of rotatable bonds is 5. The van der Waals surface area contributed by atoms with E-state index in [4.69, 9.17) is 10.5 Å². The fourth-order valence-corrected chi connectivity index (χ4v) is 2.61. The Balaban J connectivity index is 1.95. The van der Waals surface area contributed by atoms with Crippen molar-refractivity contribution in [2.75, 3.05) is 19.7 Å². The molecule has 1 aliphatic carbocycles. The summed E-state index contributed by atoms with van der Waals surface area (Å²) in [6, 6.07) is 0.449. The van der Waals surface area contributed by atoms with E-state index in [0.29, 0.717) is 18.5 Å². The first-order valence-corrected chi connectivity index (χ1v) is 6.86. The molecule has 2 aliphatic rings. The quantitative estimate of drug-likeness (QED) is 0.784. The van der Waals surface area contributed by atoms with Gasteiger partial charge in [0.1, 0.15) is 6.10 Å². The van der Waals surface area contributed by atoms with Gasteiger partial charge in [0.25, 0.3) is 5.91 Å². The van der Waals surface area contributed by atoms with Crippen molar-refractivity contribution >= 4 is 5.91 Å². The maximum atomic E-state index is 12.5. The summed E-state index contributed by atoms with van der Waals surface area (Å²) in [5.41, 5.74) is 5.55. The van der Waals surface area contributed by atoms with E-state index in [1.165, 1.54) is 6.42 Å². The minimum absolute atomic E-state index is 0.201. The second-order valence-electron chi connectivity index (χ2n) is 5.32. The van der Waals surface area contributed by atoms with Crippen LogP contribution >= 0.6 is 0 Å². The molecule has 2 unspecified atom stereocenters. The fourth-order valence-electron chi connectivity index (χ4n) is 2.61. The summed E-state index contributed by atoms with van der Waals surface area (Å²) in [4.78, 5) is 14.5. The molecule has 0 aromatic rings. The van der Waals surface area contributed by atoms with E-state index >= 15 is 0 Å². The predicted molar refractivity (Wildman–Crippen MR) is 66.5 cm³/mol. The van der Waals surface area contributed by atoms with E-state index in [1.807, 2.05) is 4.90 Å². The minimum Gasteiger partial charge on any atom is -0.368 e. The molecule has 2 rings (SSSR count). The maximum absolute atomic E-state index is 12.5. The molecule has 0 aromatic heterocycles. The lowest BCUT2D eigenvalue weighted by atomic mass is 9.90. The van der Waals surface area contributed by atoms with Crippen LogP contribution in [0, 0.1) is 5.92 Å². The number of carbonyl (C=O) groups is 1. The average Bonchev–Trinajstić information content (AvgIpc) is 2.67. The zero-order chi connectivity index (χ0) is 12.3. The Bertz CT molecular complexity index is 266. The van der Waals surface area contributed by atoms with Gasteiger partial charge in [0.15, 0.2) is 0 Å². The first kappa shape index (κ1) is 12.8. The van der Waals surface area contributed by atoms with Crippen LogP contribution in [0.25, 0.3) is 0 Å². The number of carbonyl (C=O) groups excluding carboxylic acids is 1. The van der Waals surface area contributed by atoms with Gasteiger partial charge in [-0.15, -0.1) is 0 Å². The molecule has 1 amide bonds. The van der Waals surface area contributed by atoms with Gasteiger partial charge in [0.2, 0.25) is 0 Å². The van der Waals surface area contributed by atoms with Crippen LogP contribution in [0.1, 0.15) is 39.0 Å². The molecule has 98 valence electrons. The second-order valence-corrected chi connectivity index (χ2v) is 5.32. The fraction of sp³-hybridized carbons (Fsp3) is 0.923. The smallest absolute Gasteiger partial charge is 0.252 e. The van der Waals surface area contributed by atoms with Crippen LogP contribution in [0.5, 0.6) is 0 Å². The Labute approximate surface area is 103 Å². The molecular formula is C13H24N2O2. The highest BCUT2D eigenvalue weighted by Gasteiger charge is 2.37. The minimum atomic E-state index is -0.201. The Morgan fingerprint density at radius 1 is 1.41 bits per heavy atom. The molecular weight excluding hydrogens is 216 g/mol. The summed E-state index contributed by atoms with van der Waals surface area (Å²) < 4.78 is 5.58. The molecule has 1 saturated heterocycles. The molecule has 0 aromatic carbocycles. The van der Waals surface area contributed by atoms with E-state index in [2.05, 4.69) is 6.92 Å². The Kier molecular flexibility index (Phi) is 4.40. The van der Waals surface area contributed by atoms with Crippen molar-refractivity contribution in [3.8, 4) is 0 Å². The van der Waals surface area contributed by atoms with Crippen molar-refractivity contribution in [3.05, 3.63) is 0 Å². The zero-order valence-corrected chi connectivity index (χ0v) is 10.7. The molecule has 0 radical (unpaired) electrons. The van der Waals surface area contributed by atoms with Gasteiger partial charge in [-0.1, -0.05) is 6.92 Å². The van der Waals surface area contributed by atoms with Gasteiger partial charge in [-0.05, 0) is 44.6 Å². The summed E-state index contributed by atoms with van der Waals surface area (Å²) in [7, 11) is 0. The van der Waals surface area contributed by atoms with Gasteiger partial charge in [0.05, 0.1) is 0 Å². The largest absolute Gasteiger partial charge is 0.368 e. The molecule has 17 heavy (non-hydrogen) atoms. The van der Waals surface area contributed by atoms with Gasteiger partial charge < -0.3 is 15.4 Å². The van der Waals surface area contributed by atoms with Gasteiger partial charge in [-0.3, -0.25) is 4.79 Å². The van der Waals surface area contributed by atoms with Crippen molar-refractivity contribution < 1.29 is 9.53 Å². The maximum Gasteiger partial charge on any atom is 0.252 e. The van der Waals surface area contributed by atoms with Crippen molar-refractivity contribution in [2.24, 2.45) is 11.7 Å². The van der Waals surface area contributed by atoms with Crippen LogP contribution in [0.15, 0.2) is 0 Å². The lowest BCUT2D eigenvalue weighted by Gasteiger charge is -2.39. The highest BCUT2D eigenvalue weighted by atomic mass is 16.5. The Morgan fingerprint density at radius 2 is 2.18 bits per heavy atom. The third kappa shape index (κ3) is 2.80. The lowest BCUT2D eigenvalue weighted by molar-refractivity contribution is -0.146. The van der Waals surface area contributed by atoms with Crippen molar-refractivity contribution in [2.45, 2.75) is 51.2 Å². The molecule has 0 spiro atoms. The Morgan fingerprint density at radius 3 is 2.65 bits per heavy atom. The van der Waals surface area contributed by atoms with E-state index in [9.17, 15) is 4.79 Å². The number of amides is 1. The van der Waals surface area contributed by atoms with Crippen LogP contribution in [0.2, 0.25) is 0 Å². The second kappa shape index (κ2) is 5.83. The lowest BCUT2D eigenvalue weighted by Crippen LogP contribution is -2.50. The molecule has 4 heteroatoms. The summed E-state index contributed by atoms with van der Waals surface area (Å²) in [6.45, 7) is 4.29. The molecule has 0 bridgehead atoms. The van der Waals surface area contributed by atoms with Crippen LogP contribution in [0.3, 0.4) is 0 Å². The number of ether oxygens (including phenoxy) is 1. The topological polar surface area (TPSA) is 55.6 Å². The highest BCUT2D eigenvalue weighted by Crippen LogP contribution is 2.29. The number of nitrogens with two attached hydrogens (primary N) is 1. The van der Waals surface area contributed by atoms with E-state index in [1.54, 1.807) is 0 Å². The third-order valence-electron chi connectivity index (χ3n) is 4.03. The normalized spacial score (nSPS) is 29.1. The SMILES string of the molecule is CC1CCOC1C(=O)N(CCCN)C1CCC1. The molecule has 1 saturated carbocycles. The van der Waals surface area contributed by atoms with Gasteiger partial charge in [-0.25, -0.2) is 0 Å². The molecule has 2 atom stereocenters. The van der Waals surface area contributed by atoms with Crippen molar-refractivity contribution in [1.82, 2.24) is 4.90 Å². The van der Waals surface area contributed by atoms with E-state index in [-0.39, 0.29) is 12.0 Å². The monoisotopic (exact) mass is 240 g/mol. The molecule has 1 aliphatic heterocycles. The first-order chi connectivity index (χ1) is 8.24. The third-order valence-corrected chi connectivity index (χ3v) is 4.03. The van der Waals surface area contributed by atoms with E-state index < -0.39 is 0 Å². The van der Waals surface area contributed by atoms with Gasteiger partial charge >= 0.3 is 0 Å². The predicted octanol–water partition coefficient (Wildman–Crippen LogP) is 1.14. The number of hydrogen-bond acceptors (Lipinski definition) is 3. The molecule has 4 nitrogen and oxygen atoms in total. The number of nitrogens with zero attached hydrogens (tertiary/aromatic N) is 1. The highest BCUT2D eigenvalue weighted by molar-refractivity contribution is 5.82. The van der Waals surface area contributed by atoms with Crippen molar-refractivity contribution in [3.63, 3.8) is 0 Å². The van der Waals surface area contributed by atoms with Crippen LogP contribution in [0.4, 0.5) is 0 Å². The van der Waals surface area contributed by atoms with E-state index in [0.717, 1.165) is 38.8 Å². The van der Waals surface area contributed by atoms with Gasteiger partial charge in [-0.2, -0.15) is 0 Å². The zero-order valence-electron chi connectivity index (χ0n) is 10.7. The first-order valence-electron chi connectivity index (χ1n) is 6.86. The molecule has 2 N–H and O–H groups in total. The summed E-state index contributed by atoms with van der Waals surface area (Å²) in [5.74, 6) is 0.566. The molecule has 1 heterocycles. The standard InChI is InChI=1S/C13H24N2O2/c1-10-6-9-17-12(10)13(16)15(8-3-7-14)11-4-2-5-11/h10-12H,2-9,14H2,1H3. The van der Waals surface area contributed by atoms with Crippen LogP contribution in [-0.2, 0) is 9.53 Å². The summed E-state index contributed by atoms with van der Waals surface area (Å²) in [5, 5.41) is 0. The van der Waals surface area contributed by atoms with Gasteiger partial charge in [0, 0.05) is 19.2 Å². The summed E-state index contributed by atoms with van der Waals surface area (Å²) in [6.07, 6.45) is 5.25.